The molecule has 2 rings (SSSR count). The first-order valence-corrected chi connectivity index (χ1v) is 8.44. The molecule has 0 radical (unpaired) electrons. The number of hydrogen-bond acceptors (Lipinski definition) is 3. The van der Waals surface area contributed by atoms with E-state index in [-0.39, 0.29) is 5.75 Å². The highest BCUT2D eigenvalue weighted by atomic mass is 32.2. The van der Waals surface area contributed by atoms with E-state index in [9.17, 15) is 8.42 Å². The van der Waals surface area contributed by atoms with Crippen molar-refractivity contribution in [3.63, 3.8) is 0 Å². The van der Waals surface area contributed by atoms with Crippen molar-refractivity contribution in [2.45, 2.75) is 45.1 Å². The molecule has 0 unspecified atom stereocenters. The van der Waals surface area contributed by atoms with Crippen LogP contribution in [-0.4, -0.2) is 44.2 Å². The van der Waals surface area contributed by atoms with E-state index in [1.54, 1.807) is 4.31 Å². The lowest BCUT2D eigenvalue weighted by molar-refractivity contribution is 0.388. The van der Waals surface area contributed by atoms with Crippen molar-refractivity contribution < 1.29 is 8.42 Å². The molecule has 0 bridgehead atoms. The molecular weight excluding hydrogens is 236 g/mol. The molecule has 0 atom stereocenters. The van der Waals surface area contributed by atoms with Gasteiger partial charge in [-0.1, -0.05) is 6.92 Å². The molecule has 0 heterocycles. The lowest BCUT2D eigenvalue weighted by Crippen LogP contribution is -2.39. The van der Waals surface area contributed by atoms with Crippen LogP contribution in [0.15, 0.2) is 0 Å². The third kappa shape index (κ3) is 4.23. The molecule has 0 aromatic rings. The Balaban J connectivity index is 1.81. The molecule has 0 aromatic carbocycles. The Morgan fingerprint density at radius 2 is 1.88 bits per heavy atom. The summed E-state index contributed by atoms with van der Waals surface area (Å²) in [7, 11) is -3.02. The van der Waals surface area contributed by atoms with Crippen LogP contribution in [0, 0.1) is 5.92 Å². The van der Waals surface area contributed by atoms with Crippen LogP contribution in [0.1, 0.15) is 39.0 Å². The summed E-state index contributed by atoms with van der Waals surface area (Å²) < 4.78 is 26.2. The van der Waals surface area contributed by atoms with E-state index in [2.05, 4.69) is 12.2 Å². The van der Waals surface area contributed by atoms with E-state index in [4.69, 9.17) is 0 Å². The number of nitrogens with zero attached hydrogens (tertiary/aromatic N) is 1. The van der Waals surface area contributed by atoms with Crippen molar-refractivity contribution in [2.75, 3.05) is 25.4 Å². The van der Waals surface area contributed by atoms with Gasteiger partial charge in [0.2, 0.25) is 10.0 Å². The maximum absolute atomic E-state index is 12.2. The van der Waals surface area contributed by atoms with Crippen LogP contribution < -0.4 is 5.32 Å². The maximum atomic E-state index is 12.2. The molecule has 0 saturated heterocycles. The molecule has 0 spiro atoms. The number of rotatable bonds is 9. The zero-order valence-electron chi connectivity index (χ0n) is 10.7. The van der Waals surface area contributed by atoms with Gasteiger partial charge >= 0.3 is 0 Å². The predicted molar refractivity (Wildman–Crippen MR) is 69.4 cm³/mol. The monoisotopic (exact) mass is 260 g/mol. The van der Waals surface area contributed by atoms with Gasteiger partial charge in [0, 0.05) is 19.1 Å². The summed E-state index contributed by atoms with van der Waals surface area (Å²) in [6.07, 6.45) is 5.61. The smallest absolute Gasteiger partial charge is 0.215 e. The Morgan fingerprint density at radius 3 is 2.41 bits per heavy atom. The van der Waals surface area contributed by atoms with E-state index in [1.807, 2.05) is 0 Å². The highest BCUT2D eigenvalue weighted by molar-refractivity contribution is 7.89. The number of hydrogen-bond donors (Lipinski definition) is 1. The summed E-state index contributed by atoms with van der Waals surface area (Å²) in [5, 5.41) is 3.17. The fraction of sp³-hybridized carbons (Fsp3) is 1.00. The van der Waals surface area contributed by atoms with Crippen molar-refractivity contribution in [1.82, 2.24) is 9.62 Å². The molecule has 100 valence electrons. The molecule has 2 aliphatic carbocycles. The molecule has 2 aliphatic rings. The minimum Gasteiger partial charge on any atom is -0.316 e. The van der Waals surface area contributed by atoms with Gasteiger partial charge in [-0.3, -0.25) is 0 Å². The van der Waals surface area contributed by atoms with Crippen LogP contribution in [-0.2, 0) is 10.0 Å². The normalized spacial score (nSPS) is 21.1. The lowest BCUT2D eigenvalue weighted by Gasteiger charge is -2.21. The van der Waals surface area contributed by atoms with E-state index < -0.39 is 10.0 Å². The molecule has 17 heavy (non-hydrogen) atoms. The fourth-order valence-electron chi connectivity index (χ4n) is 2.03. The lowest BCUT2D eigenvalue weighted by atomic mass is 10.4. The van der Waals surface area contributed by atoms with Crippen molar-refractivity contribution in [3.05, 3.63) is 0 Å². The predicted octanol–water partition coefficient (Wildman–Crippen LogP) is 1.19. The Morgan fingerprint density at radius 1 is 1.18 bits per heavy atom. The second-order valence-electron chi connectivity index (χ2n) is 5.31. The quantitative estimate of drug-likeness (QED) is 0.634. The van der Waals surface area contributed by atoms with Crippen molar-refractivity contribution in [2.24, 2.45) is 5.92 Å². The Bertz CT molecular complexity index is 334. The van der Waals surface area contributed by atoms with Gasteiger partial charge in [-0.25, -0.2) is 8.42 Å². The van der Waals surface area contributed by atoms with Crippen LogP contribution >= 0.6 is 0 Å². The van der Waals surface area contributed by atoms with E-state index in [1.165, 1.54) is 12.8 Å². The molecule has 0 aliphatic heterocycles. The number of sulfonamides is 1. The summed E-state index contributed by atoms with van der Waals surface area (Å²) in [5.74, 6) is 0.907. The SMILES string of the molecule is CCCNCCS(=O)(=O)N(CC1CC1)C1CC1. The molecule has 2 saturated carbocycles. The van der Waals surface area contributed by atoms with Crippen LogP contribution in [0.4, 0.5) is 0 Å². The second kappa shape index (κ2) is 5.67. The van der Waals surface area contributed by atoms with Crippen LogP contribution in [0.2, 0.25) is 0 Å². The van der Waals surface area contributed by atoms with Crippen molar-refractivity contribution in [1.29, 1.82) is 0 Å². The number of nitrogens with one attached hydrogen (secondary N) is 1. The van der Waals surface area contributed by atoms with Gasteiger partial charge in [-0.05, 0) is 44.6 Å². The van der Waals surface area contributed by atoms with Gasteiger partial charge in [0.05, 0.1) is 5.75 Å². The average Bonchev–Trinajstić information content (AvgIpc) is 3.14. The minimum absolute atomic E-state index is 0.260. The minimum atomic E-state index is -3.02. The van der Waals surface area contributed by atoms with Crippen molar-refractivity contribution in [3.8, 4) is 0 Å². The second-order valence-corrected chi connectivity index (χ2v) is 7.35. The topological polar surface area (TPSA) is 49.4 Å². The first-order valence-electron chi connectivity index (χ1n) is 6.83. The highest BCUT2D eigenvalue weighted by Crippen LogP contribution is 2.36. The summed E-state index contributed by atoms with van der Waals surface area (Å²) in [6.45, 7) is 4.36. The zero-order valence-corrected chi connectivity index (χ0v) is 11.5. The van der Waals surface area contributed by atoms with E-state index in [0.29, 0.717) is 18.5 Å². The van der Waals surface area contributed by atoms with Crippen molar-refractivity contribution >= 4 is 10.0 Å². The first-order chi connectivity index (χ1) is 8.13. The van der Waals surface area contributed by atoms with Gasteiger partial charge < -0.3 is 5.32 Å². The highest BCUT2D eigenvalue weighted by Gasteiger charge is 2.39. The third-order valence-corrected chi connectivity index (χ3v) is 5.29. The molecule has 5 heteroatoms. The molecule has 4 nitrogen and oxygen atoms in total. The Kier molecular flexibility index (Phi) is 4.44. The largest absolute Gasteiger partial charge is 0.316 e. The maximum Gasteiger partial charge on any atom is 0.215 e. The average molecular weight is 260 g/mol. The third-order valence-electron chi connectivity index (χ3n) is 3.41. The summed E-state index contributed by atoms with van der Waals surface area (Å²) in [4.78, 5) is 0. The molecular formula is C12H24N2O2S. The zero-order chi connectivity index (χ0) is 12.3. The van der Waals surface area contributed by atoms with Crippen LogP contribution in [0.5, 0.6) is 0 Å². The standard InChI is InChI=1S/C12H24N2O2S/c1-2-7-13-8-9-17(15,16)14(12-5-6-12)10-11-3-4-11/h11-13H,2-10H2,1H3. The molecule has 1 N–H and O–H groups in total. The molecule has 0 aromatic heterocycles. The summed E-state index contributed by atoms with van der Waals surface area (Å²) >= 11 is 0. The van der Waals surface area contributed by atoms with Crippen LogP contribution in [0.3, 0.4) is 0 Å². The van der Waals surface area contributed by atoms with Gasteiger partial charge in [0.1, 0.15) is 0 Å². The van der Waals surface area contributed by atoms with Gasteiger partial charge in [0.25, 0.3) is 0 Å². The van der Waals surface area contributed by atoms with Gasteiger partial charge in [-0.2, -0.15) is 4.31 Å². The Labute approximate surface area is 105 Å². The Hall–Kier alpha value is -0.130. The fourth-order valence-corrected chi connectivity index (χ4v) is 3.77. The van der Waals surface area contributed by atoms with E-state index in [0.717, 1.165) is 32.4 Å². The molecule has 2 fully saturated rings. The first kappa shape index (κ1) is 13.3. The summed E-state index contributed by atoms with van der Waals surface area (Å²) in [6, 6.07) is 0.326. The van der Waals surface area contributed by atoms with Gasteiger partial charge in [0.15, 0.2) is 0 Å². The van der Waals surface area contributed by atoms with Crippen LogP contribution in [0.25, 0.3) is 0 Å². The van der Waals surface area contributed by atoms with Gasteiger partial charge in [-0.15, -0.1) is 0 Å². The molecule has 0 amide bonds. The van der Waals surface area contributed by atoms with E-state index >= 15 is 0 Å². The summed E-state index contributed by atoms with van der Waals surface area (Å²) in [5.41, 5.74) is 0.